The first-order valence-electron chi connectivity index (χ1n) is 9.10. The van der Waals surface area contributed by atoms with Crippen molar-refractivity contribution in [3.8, 4) is 0 Å². The van der Waals surface area contributed by atoms with Crippen LogP contribution in [0.2, 0.25) is 0 Å². The van der Waals surface area contributed by atoms with Gasteiger partial charge in [0.1, 0.15) is 6.10 Å². The Morgan fingerprint density at radius 2 is 1.95 bits per heavy atom. The minimum absolute atomic E-state index is 0.296. The number of aliphatic imine (C=N–C) groups is 1. The average Bonchev–Trinajstić information content (AvgIpc) is 3.23. The van der Waals surface area contributed by atoms with Crippen molar-refractivity contribution in [3.05, 3.63) is 12.7 Å². The van der Waals surface area contributed by atoms with E-state index in [9.17, 15) is 0 Å². The molecule has 4 aliphatic rings. The van der Waals surface area contributed by atoms with Crippen LogP contribution in [0.15, 0.2) is 17.6 Å². The summed E-state index contributed by atoms with van der Waals surface area (Å²) in [5, 5.41) is 7.45. The van der Waals surface area contributed by atoms with Crippen LogP contribution in [-0.2, 0) is 4.74 Å². The van der Waals surface area contributed by atoms with Crippen molar-refractivity contribution in [2.45, 2.75) is 44.4 Å². The summed E-state index contributed by atoms with van der Waals surface area (Å²) in [6, 6.07) is 0. The fourth-order valence-corrected chi connectivity index (χ4v) is 5.41. The summed E-state index contributed by atoms with van der Waals surface area (Å²) in [6.07, 6.45) is 11.5. The minimum Gasteiger partial charge on any atom is -0.478 e. The predicted octanol–water partition coefficient (Wildman–Crippen LogP) is 2.18. The molecule has 7 atom stereocenters. The minimum atomic E-state index is 0.296. The highest BCUT2D eigenvalue weighted by Gasteiger charge is 2.46. The Labute approximate surface area is 133 Å². The molecule has 7 unspecified atom stereocenters. The highest BCUT2D eigenvalue weighted by Crippen LogP contribution is 2.43. The van der Waals surface area contributed by atoms with Gasteiger partial charge in [-0.15, -0.1) is 6.58 Å². The quantitative estimate of drug-likeness (QED) is 0.786. The van der Waals surface area contributed by atoms with Crippen LogP contribution >= 0.6 is 0 Å². The van der Waals surface area contributed by atoms with Gasteiger partial charge in [0.15, 0.2) is 6.40 Å². The van der Waals surface area contributed by atoms with Gasteiger partial charge in [0, 0.05) is 12.5 Å². The van der Waals surface area contributed by atoms with E-state index in [-0.39, 0.29) is 0 Å². The lowest BCUT2D eigenvalue weighted by atomic mass is 9.67. The molecule has 0 radical (unpaired) electrons. The van der Waals surface area contributed by atoms with E-state index >= 15 is 0 Å². The predicted molar refractivity (Wildman–Crippen MR) is 88.8 cm³/mol. The van der Waals surface area contributed by atoms with Crippen LogP contribution in [0.4, 0.5) is 0 Å². The second-order valence-electron chi connectivity index (χ2n) is 7.61. The second kappa shape index (κ2) is 6.32. The van der Waals surface area contributed by atoms with E-state index in [0.29, 0.717) is 24.1 Å². The van der Waals surface area contributed by atoms with Gasteiger partial charge >= 0.3 is 0 Å². The summed E-state index contributed by atoms with van der Waals surface area (Å²) in [5.74, 6) is 3.67. The van der Waals surface area contributed by atoms with Gasteiger partial charge in [-0.25, -0.2) is 0 Å². The highest BCUT2D eigenvalue weighted by molar-refractivity contribution is 5.49. The van der Waals surface area contributed by atoms with E-state index in [1.165, 1.54) is 32.1 Å². The fraction of sp³-hybridized carbons (Fsp3) is 0.833. The number of ether oxygens (including phenoxy) is 1. The third-order valence-electron chi connectivity index (χ3n) is 6.58. The molecule has 4 nitrogen and oxygen atoms in total. The highest BCUT2D eigenvalue weighted by atomic mass is 16.5. The largest absolute Gasteiger partial charge is 0.478 e. The molecule has 3 fully saturated rings. The number of nitrogens with one attached hydrogen (secondary N) is 2. The van der Waals surface area contributed by atoms with Crippen molar-refractivity contribution in [2.24, 2.45) is 34.6 Å². The molecule has 3 aliphatic heterocycles. The first-order valence-corrected chi connectivity index (χ1v) is 9.10. The Bertz CT molecular complexity index is 430. The maximum Gasteiger partial charge on any atom is 0.170 e. The smallest absolute Gasteiger partial charge is 0.170 e. The molecule has 4 heteroatoms. The molecule has 0 amide bonds. The summed E-state index contributed by atoms with van der Waals surface area (Å²) in [6.45, 7) is 7.18. The molecule has 2 N–H and O–H groups in total. The zero-order valence-electron chi connectivity index (χ0n) is 13.4. The van der Waals surface area contributed by atoms with Gasteiger partial charge in [-0.2, -0.15) is 0 Å². The van der Waals surface area contributed by atoms with Crippen LogP contribution in [0, 0.1) is 29.6 Å². The van der Waals surface area contributed by atoms with Gasteiger partial charge in [-0.3, -0.25) is 4.99 Å². The Kier molecular flexibility index (Phi) is 4.23. The lowest BCUT2D eigenvalue weighted by Gasteiger charge is -2.43. The lowest BCUT2D eigenvalue weighted by molar-refractivity contribution is 0.0717. The van der Waals surface area contributed by atoms with Crippen molar-refractivity contribution in [1.29, 1.82) is 0 Å². The molecular weight excluding hydrogens is 274 g/mol. The van der Waals surface area contributed by atoms with Gasteiger partial charge in [0.25, 0.3) is 0 Å². The molecule has 0 aromatic rings. The van der Waals surface area contributed by atoms with Crippen LogP contribution in [0.25, 0.3) is 0 Å². The van der Waals surface area contributed by atoms with Crippen LogP contribution in [0.3, 0.4) is 0 Å². The SMILES string of the molecule is C=CC1CCCCC1C1CNC2NCC(C3CN=CO3)C2C1. The Morgan fingerprint density at radius 1 is 1.09 bits per heavy atom. The molecule has 3 heterocycles. The number of hydrogen-bond acceptors (Lipinski definition) is 4. The summed E-state index contributed by atoms with van der Waals surface area (Å²) in [4.78, 5) is 4.27. The third kappa shape index (κ3) is 2.61. The van der Waals surface area contributed by atoms with E-state index in [1.807, 2.05) is 0 Å². The second-order valence-corrected chi connectivity index (χ2v) is 7.61. The van der Waals surface area contributed by atoms with Crippen molar-refractivity contribution < 1.29 is 4.74 Å². The van der Waals surface area contributed by atoms with Gasteiger partial charge in [0.05, 0.1) is 12.7 Å². The average molecular weight is 303 g/mol. The fourth-order valence-electron chi connectivity index (χ4n) is 5.41. The van der Waals surface area contributed by atoms with E-state index in [1.54, 1.807) is 6.40 Å². The van der Waals surface area contributed by atoms with Crippen molar-refractivity contribution in [2.75, 3.05) is 19.6 Å². The normalized spacial score (nSPS) is 47.9. The van der Waals surface area contributed by atoms with Gasteiger partial charge in [0.2, 0.25) is 0 Å². The lowest BCUT2D eigenvalue weighted by Crippen LogP contribution is -2.52. The zero-order chi connectivity index (χ0) is 14.9. The summed E-state index contributed by atoms with van der Waals surface area (Å²) in [7, 11) is 0. The molecule has 0 spiro atoms. The Balaban J connectivity index is 1.44. The number of hydrogen-bond donors (Lipinski definition) is 2. The molecule has 2 saturated heterocycles. The molecule has 4 rings (SSSR count). The molecule has 122 valence electrons. The van der Waals surface area contributed by atoms with Crippen LogP contribution in [0.5, 0.6) is 0 Å². The topological polar surface area (TPSA) is 45.7 Å². The summed E-state index contributed by atoms with van der Waals surface area (Å²) in [5.41, 5.74) is 0. The number of piperidine rings is 1. The standard InChI is InChI=1S/C18H29N3O/c1-2-12-5-3-4-6-14(12)13-7-15-16(17-10-19-11-22-17)9-21-18(15)20-8-13/h2,11-18,20-21H,1,3-10H2. The van der Waals surface area contributed by atoms with Crippen LogP contribution < -0.4 is 10.6 Å². The van der Waals surface area contributed by atoms with E-state index in [4.69, 9.17) is 4.74 Å². The molecule has 1 saturated carbocycles. The van der Waals surface area contributed by atoms with Crippen LogP contribution in [0.1, 0.15) is 32.1 Å². The molecular formula is C18H29N3O. The number of nitrogens with zero attached hydrogens (tertiary/aromatic N) is 1. The number of allylic oxidation sites excluding steroid dienone is 1. The molecule has 0 bridgehead atoms. The van der Waals surface area contributed by atoms with Gasteiger partial charge in [-0.05, 0) is 49.5 Å². The monoisotopic (exact) mass is 303 g/mol. The maximum absolute atomic E-state index is 5.73. The van der Waals surface area contributed by atoms with Crippen molar-refractivity contribution >= 4 is 6.40 Å². The molecule has 0 aromatic heterocycles. The Morgan fingerprint density at radius 3 is 2.77 bits per heavy atom. The van der Waals surface area contributed by atoms with Gasteiger partial charge < -0.3 is 15.4 Å². The van der Waals surface area contributed by atoms with Crippen LogP contribution in [-0.4, -0.2) is 38.3 Å². The van der Waals surface area contributed by atoms with Crippen molar-refractivity contribution in [1.82, 2.24) is 10.6 Å². The van der Waals surface area contributed by atoms with Gasteiger partial charge in [-0.1, -0.05) is 18.9 Å². The van der Waals surface area contributed by atoms with Crippen molar-refractivity contribution in [3.63, 3.8) is 0 Å². The van der Waals surface area contributed by atoms with E-state index < -0.39 is 0 Å². The molecule has 1 aliphatic carbocycles. The summed E-state index contributed by atoms with van der Waals surface area (Å²) < 4.78 is 5.73. The maximum atomic E-state index is 5.73. The first kappa shape index (κ1) is 14.7. The zero-order valence-corrected chi connectivity index (χ0v) is 13.4. The summed E-state index contributed by atoms with van der Waals surface area (Å²) >= 11 is 0. The molecule has 22 heavy (non-hydrogen) atoms. The van der Waals surface area contributed by atoms with E-state index in [0.717, 1.165) is 37.4 Å². The molecule has 0 aromatic carbocycles. The Hall–Kier alpha value is -0.870. The number of fused-ring (bicyclic) bond motifs is 1. The van der Waals surface area contributed by atoms with E-state index in [2.05, 4.69) is 28.3 Å². The first-order chi connectivity index (χ1) is 10.9. The third-order valence-corrected chi connectivity index (χ3v) is 6.58. The number of rotatable bonds is 3.